The van der Waals surface area contributed by atoms with Crippen LogP contribution in [0.3, 0.4) is 0 Å². The van der Waals surface area contributed by atoms with E-state index in [0.29, 0.717) is 35.4 Å². The summed E-state index contributed by atoms with van der Waals surface area (Å²) in [7, 11) is 0. The Morgan fingerprint density at radius 3 is 2.42 bits per heavy atom. The zero-order valence-corrected chi connectivity index (χ0v) is 22.8. The number of aromatic nitrogens is 2. The fourth-order valence-electron chi connectivity index (χ4n) is 3.85. The van der Waals surface area contributed by atoms with Crippen molar-refractivity contribution in [3.8, 4) is 0 Å². The van der Waals surface area contributed by atoms with Gasteiger partial charge in [-0.25, -0.2) is 15.0 Å². The van der Waals surface area contributed by atoms with E-state index in [1.54, 1.807) is 6.92 Å². The first-order valence-corrected chi connectivity index (χ1v) is 13.2. The van der Waals surface area contributed by atoms with Crippen LogP contribution in [0.5, 0.6) is 0 Å². The SMILES string of the molecule is CCC(=O)Nc1ccc(Sc2nc(N=C(N)CC(C)=N)cc(N3CCN(C(C)(C)CC)CC3)n2)cc1. The highest BCUT2D eigenvalue weighted by Crippen LogP contribution is 2.31. The van der Waals surface area contributed by atoms with E-state index in [0.717, 1.165) is 49.0 Å². The van der Waals surface area contributed by atoms with Crippen molar-refractivity contribution in [3.63, 3.8) is 0 Å². The maximum absolute atomic E-state index is 11.6. The molecule has 1 saturated heterocycles. The second-order valence-corrected chi connectivity index (χ2v) is 10.6. The number of benzene rings is 1. The minimum Gasteiger partial charge on any atom is -0.387 e. The molecule has 9 nitrogen and oxygen atoms in total. The molecule has 0 atom stereocenters. The van der Waals surface area contributed by atoms with E-state index in [-0.39, 0.29) is 11.4 Å². The normalized spacial score (nSPS) is 15.1. The maximum atomic E-state index is 11.6. The Balaban J connectivity index is 1.84. The van der Waals surface area contributed by atoms with Gasteiger partial charge in [-0.3, -0.25) is 9.69 Å². The summed E-state index contributed by atoms with van der Waals surface area (Å²) >= 11 is 1.44. The number of aliphatic imine (C=N–C) groups is 1. The van der Waals surface area contributed by atoms with Gasteiger partial charge < -0.3 is 21.4 Å². The summed E-state index contributed by atoms with van der Waals surface area (Å²) in [5.74, 6) is 1.65. The first-order valence-electron chi connectivity index (χ1n) is 12.4. The third-order valence-electron chi connectivity index (χ3n) is 6.38. The van der Waals surface area contributed by atoms with Gasteiger partial charge in [-0.1, -0.05) is 13.8 Å². The summed E-state index contributed by atoms with van der Waals surface area (Å²) in [5.41, 5.74) is 7.46. The fraction of sp³-hybridized carbons (Fsp3) is 0.500. The molecule has 0 radical (unpaired) electrons. The zero-order valence-electron chi connectivity index (χ0n) is 22.0. The van der Waals surface area contributed by atoms with Crippen LogP contribution in [0, 0.1) is 5.41 Å². The molecule has 194 valence electrons. The third kappa shape index (κ3) is 7.76. The molecule has 0 aliphatic carbocycles. The van der Waals surface area contributed by atoms with Crippen molar-refractivity contribution in [1.82, 2.24) is 14.9 Å². The minimum atomic E-state index is -0.0193. The Morgan fingerprint density at radius 2 is 1.83 bits per heavy atom. The number of amidine groups is 1. The predicted molar refractivity (Wildman–Crippen MR) is 149 cm³/mol. The maximum Gasteiger partial charge on any atom is 0.224 e. The van der Waals surface area contributed by atoms with E-state index in [1.165, 1.54) is 11.8 Å². The molecule has 10 heteroatoms. The number of carbonyl (C=O) groups is 1. The molecule has 1 aromatic heterocycles. The van der Waals surface area contributed by atoms with E-state index in [2.05, 4.69) is 45.9 Å². The number of piperazine rings is 1. The van der Waals surface area contributed by atoms with Crippen molar-refractivity contribution < 1.29 is 4.79 Å². The Hall–Kier alpha value is -2.98. The van der Waals surface area contributed by atoms with Gasteiger partial charge in [0.25, 0.3) is 0 Å². The molecule has 1 amide bonds. The number of nitrogens with zero attached hydrogens (tertiary/aromatic N) is 5. The van der Waals surface area contributed by atoms with Crippen molar-refractivity contribution in [3.05, 3.63) is 30.3 Å². The van der Waals surface area contributed by atoms with Gasteiger partial charge in [0, 0.05) is 66.9 Å². The number of nitrogens with one attached hydrogen (secondary N) is 2. The van der Waals surface area contributed by atoms with Gasteiger partial charge in [0.15, 0.2) is 11.0 Å². The van der Waals surface area contributed by atoms with Crippen LogP contribution in [-0.4, -0.2) is 64.0 Å². The summed E-state index contributed by atoms with van der Waals surface area (Å²) in [6.07, 6.45) is 1.84. The molecule has 4 N–H and O–H groups in total. The van der Waals surface area contributed by atoms with Crippen molar-refractivity contribution in [2.24, 2.45) is 10.7 Å². The summed E-state index contributed by atoms with van der Waals surface area (Å²) in [4.78, 5) is 31.4. The molecule has 3 rings (SSSR count). The number of anilines is 2. The standard InChI is InChI=1S/C26H38N8OS/c1-6-24(35)29-19-8-10-20(11-9-19)36-25-31-22(30-21(28)16-18(3)27)17-23(32-25)33-12-14-34(15-13-33)26(4,5)7-2/h8-11,17,27H,6-7,12-16H2,1-5H3,(H,29,35)(H2,28,30,31,32). The van der Waals surface area contributed by atoms with E-state index in [1.807, 2.05) is 37.3 Å². The molecule has 36 heavy (non-hydrogen) atoms. The Morgan fingerprint density at radius 1 is 1.17 bits per heavy atom. The van der Waals surface area contributed by atoms with Gasteiger partial charge in [-0.05, 0) is 63.2 Å². The van der Waals surface area contributed by atoms with Gasteiger partial charge >= 0.3 is 0 Å². The molecule has 0 saturated carbocycles. The van der Waals surface area contributed by atoms with Crippen LogP contribution in [0.1, 0.15) is 53.9 Å². The van der Waals surface area contributed by atoms with E-state index >= 15 is 0 Å². The summed E-state index contributed by atoms with van der Waals surface area (Å²) in [5, 5.41) is 11.1. The molecule has 1 aliphatic heterocycles. The summed E-state index contributed by atoms with van der Waals surface area (Å²) in [6, 6.07) is 9.50. The highest BCUT2D eigenvalue weighted by Gasteiger charge is 2.29. The Kier molecular flexibility index (Phi) is 9.44. The topological polar surface area (TPSA) is 124 Å². The van der Waals surface area contributed by atoms with E-state index in [4.69, 9.17) is 16.1 Å². The average molecular weight is 511 g/mol. The number of carbonyl (C=O) groups excluding carboxylic acids is 1. The van der Waals surface area contributed by atoms with Crippen LogP contribution in [0.15, 0.2) is 45.4 Å². The van der Waals surface area contributed by atoms with Crippen molar-refractivity contribution >= 4 is 46.5 Å². The van der Waals surface area contributed by atoms with E-state index < -0.39 is 0 Å². The monoisotopic (exact) mass is 510 g/mol. The molecule has 0 spiro atoms. The average Bonchev–Trinajstić information content (AvgIpc) is 2.84. The molecule has 0 bridgehead atoms. The number of nitrogens with two attached hydrogens (primary N) is 1. The summed E-state index contributed by atoms with van der Waals surface area (Å²) < 4.78 is 0. The molecule has 1 aliphatic rings. The van der Waals surface area contributed by atoms with Gasteiger partial charge in [0.05, 0.1) is 0 Å². The highest BCUT2D eigenvalue weighted by molar-refractivity contribution is 7.99. The molecular weight excluding hydrogens is 472 g/mol. The van der Waals surface area contributed by atoms with Crippen LogP contribution in [-0.2, 0) is 4.79 Å². The number of hydrogen-bond donors (Lipinski definition) is 3. The second-order valence-electron chi connectivity index (χ2n) is 9.60. The lowest BCUT2D eigenvalue weighted by Crippen LogP contribution is -2.54. The first kappa shape index (κ1) is 27.6. The number of rotatable bonds is 10. The van der Waals surface area contributed by atoms with Crippen molar-refractivity contribution in [1.29, 1.82) is 5.41 Å². The lowest BCUT2D eigenvalue weighted by Gasteiger charge is -2.44. The van der Waals surface area contributed by atoms with Gasteiger partial charge in [-0.2, -0.15) is 0 Å². The summed E-state index contributed by atoms with van der Waals surface area (Å²) in [6.45, 7) is 14.0. The smallest absolute Gasteiger partial charge is 0.224 e. The molecular formula is C26H38N8OS. The molecule has 0 unspecified atom stereocenters. The lowest BCUT2D eigenvalue weighted by atomic mass is 9.98. The minimum absolute atomic E-state index is 0.0193. The van der Waals surface area contributed by atoms with Crippen molar-refractivity contribution in [2.75, 3.05) is 36.4 Å². The molecule has 1 fully saturated rings. The number of amides is 1. The molecule has 1 aromatic carbocycles. The van der Waals surface area contributed by atoms with Gasteiger partial charge in [0.2, 0.25) is 5.91 Å². The third-order valence-corrected chi connectivity index (χ3v) is 7.25. The van der Waals surface area contributed by atoms with Crippen LogP contribution in [0.4, 0.5) is 17.3 Å². The number of hydrogen-bond acceptors (Lipinski definition) is 8. The quantitative estimate of drug-likeness (QED) is 0.240. The van der Waals surface area contributed by atoms with Crippen molar-refractivity contribution in [2.45, 2.75) is 69.5 Å². The first-order chi connectivity index (χ1) is 17.1. The Bertz CT molecular complexity index is 1090. The lowest BCUT2D eigenvalue weighted by molar-refractivity contribution is -0.115. The Labute approximate surface area is 218 Å². The largest absolute Gasteiger partial charge is 0.387 e. The van der Waals surface area contributed by atoms with E-state index in [9.17, 15) is 4.79 Å². The van der Waals surface area contributed by atoms with Crippen LogP contribution in [0.25, 0.3) is 0 Å². The fourth-order valence-corrected chi connectivity index (χ4v) is 4.61. The molecule has 2 heterocycles. The van der Waals surface area contributed by atoms with Crippen LogP contribution in [0.2, 0.25) is 0 Å². The van der Waals surface area contributed by atoms with Crippen LogP contribution < -0.4 is 16.0 Å². The second kappa shape index (κ2) is 12.3. The zero-order chi connectivity index (χ0) is 26.3. The molecule has 2 aromatic rings. The van der Waals surface area contributed by atoms with Crippen LogP contribution >= 0.6 is 11.8 Å². The predicted octanol–water partition coefficient (Wildman–Crippen LogP) is 4.71. The van der Waals surface area contributed by atoms with Gasteiger partial charge in [-0.15, -0.1) is 0 Å². The van der Waals surface area contributed by atoms with Gasteiger partial charge in [0.1, 0.15) is 11.7 Å². The highest BCUT2D eigenvalue weighted by atomic mass is 32.2.